The van der Waals surface area contributed by atoms with E-state index in [1.165, 1.54) is 0 Å². The molecule has 0 saturated carbocycles. The number of hydrogen-bond donors (Lipinski definition) is 1. The number of nitrogens with zero attached hydrogens (tertiary/aromatic N) is 2. The van der Waals surface area contributed by atoms with Crippen LogP contribution in [0.4, 0.5) is 5.69 Å². The minimum atomic E-state index is -3.72. The van der Waals surface area contributed by atoms with Crippen LogP contribution in [0.2, 0.25) is 0 Å². The highest BCUT2D eigenvalue weighted by atomic mass is 32.2. The Balaban J connectivity index is 1.30. The lowest BCUT2D eigenvalue weighted by Crippen LogP contribution is -2.36. The first-order valence-electron chi connectivity index (χ1n) is 11.1. The van der Waals surface area contributed by atoms with Crippen LogP contribution in [0.3, 0.4) is 0 Å². The number of hydrogen-bond acceptors (Lipinski definition) is 6. The molecule has 0 aliphatic carbocycles. The zero-order valence-corrected chi connectivity index (χ0v) is 20.1. The first-order valence-corrected chi connectivity index (χ1v) is 13.4. The molecule has 34 heavy (non-hydrogen) atoms. The molecule has 0 unspecified atom stereocenters. The van der Waals surface area contributed by atoms with Crippen molar-refractivity contribution >= 4 is 37.3 Å². The zero-order chi connectivity index (χ0) is 23.5. The van der Waals surface area contributed by atoms with Gasteiger partial charge in [-0.15, -0.1) is 0 Å². The summed E-state index contributed by atoms with van der Waals surface area (Å²) in [5.41, 5.74) is 3.73. The van der Waals surface area contributed by atoms with Crippen LogP contribution in [-0.4, -0.2) is 39.3 Å². The fourth-order valence-electron chi connectivity index (χ4n) is 4.04. The topological polar surface area (TPSA) is 80.6 Å². The van der Waals surface area contributed by atoms with Crippen LogP contribution in [0.1, 0.15) is 11.1 Å². The molecule has 1 aliphatic heterocycles. The van der Waals surface area contributed by atoms with Crippen molar-refractivity contribution in [3.05, 3.63) is 93.6 Å². The molecule has 9 heteroatoms. The van der Waals surface area contributed by atoms with Crippen molar-refractivity contribution in [1.29, 1.82) is 0 Å². The van der Waals surface area contributed by atoms with Crippen molar-refractivity contribution < 1.29 is 13.2 Å². The fourth-order valence-corrected chi connectivity index (χ4v) is 6.09. The van der Waals surface area contributed by atoms with E-state index in [1.807, 2.05) is 54.6 Å². The lowest BCUT2D eigenvalue weighted by Gasteiger charge is -2.28. The van der Waals surface area contributed by atoms with Crippen LogP contribution in [0.25, 0.3) is 10.2 Å². The van der Waals surface area contributed by atoms with E-state index in [4.69, 9.17) is 4.74 Å². The van der Waals surface area contributed by atoms with Crippen LogP contribution in [0, 0.1) is 0 Å². The van der Waals surface area contributed by atoms with E-state index in [9.17, 15) is 13.2 Å². The van der Waals surface area contributed by atoms with Crippen LogP contribution in [-0.2, 0) is 27.8 Å². The van der Waals surface area contributed by atoms with Crippen molar-refractivity contribution in [2.24, 2.45) is 0 Å². The first kappa shape index (κ1) is 22.8. The van der Waals surface area contributed by atoms with E-state index >= 15 is 0 Å². The lowest BCUT2D eigenvalue weighted by molar-refractivity contribution is 0.122. The number of morpholine rings is 1. The van der Waals surface area contributed by atoms with Crippen molar-refractivity contribution in [2.75, 3.05) is 31.2 Å². The molecule has 0 bridgehead atoms. The molecular weight excluding hydrogens is 470 g/mol. The molecule has 2 heterocycles. The molecule has 0 atom stereocenters. The van der Waals surface area contributed by atoms with Gasteiger partial charge in [-0.3, -0.25) is 9.36 Å². The smallest absolute Gasteiger partial charge is 0.308 e. The molecule has 5 rings (SSSR count). The molecule has 1 N–H and O–H groups in total. The van der Waals surface area contributed by atoms with Crippen LogP contribution in [0.5, 0.6) is 0 Å². The summed E-state index contributed by atoms with van der Waals surface area (Å²) >= 11 is 1.06. The summed E-state index contributed by atoms with van der Waals surface area (Å²) in [5, 5.41) is 0. The molecule has 176 valence electrons. The van der Waals surface area contributed by atoms with Gasteiger partial charge in [0.1, 0.15) is 0 Å². The average Bonchev–Trinajstić information content (AvgIpc) is 3.18. The number of nitrogens with one attached hydrogen (secondary N) is 1. The molecule has 1 aromatic heterocycles. The van der Waals surface area contributed by atoms with Crippen LogP contribution < -0.4 is 14.5 Å². The number of sulfonamides is 1. The summed E-state index contributed by atoms with van der Waals surface area (Å²) in [6, 6.07) is 22.5. The zero-order valence-electron chi connectivity index (χ0n) is 18.5. The standard InChI is InChI=1S/C25H25N3O4S2/c29-25-28(18-20-4-2-1-3-5-20)23-11-10-22(16-24(23)33-25)34(30,31)26-17-19-6-8-21(9-7-19)27-12-14-32-15-13-27/h1-11,16,26H,12-15,17-18H2. The third-order valence-corrected chi connectivity index (χ3v) is 8.25. The van der Waals surface area contributed by atoms with Gasteiger partial charge in [0, 0.05) is 25.3 Å². The largest absolute Gasteiger partial charge is 0.378 e. The number of ether oxygens (including phenoxy) is 1. The number of rotatable bonds is 7. The summed E-state index contributed by atoms with van der Waals surface area (Å²) in [6.45, 7) is 3.78. The number of thiazole rings is 1. The summed E-state index contributed by atoms with van der Waals surface area (Å²) in [5.74, 6) is 0. The average molecular weight is 496 g/mol. The summed E-state index contributed by atoms with van der Waals surface area (Å²) < 4.78 is 36.3. The number of aromatic nitrogens is 1. The van der Waals surface area contributed by atoms with Crippen molar-refractivity contribution in [2.45, 2.75) is 18.0 Å². The maximum atomic E-state index is 12.9. The van der Waals surface area contributed by atoms with E-state index in [0.29, 0.717) is 11.2 Å². The Morgan fingerprint density at radius 1 is 0.912 bits per heavy atom. The predicted octanol–water partition coefficient (Wildman–Crippen LogP) is 3.43. The second kappa shape index (κ2) is 9.71. The minimum absolute atomic E-state index is 0.110. The third kappa shape index (κ3) is 4.92. The fraction of sp³-hybridized carbons (Fsp3) is 0.240. The predicted molar refractivity (Wildman–Crippen MR) is 135 cm³/mol. The molecule has 1 saturated heterocycles. The van der Waals surface area contributed by atoms with E-state index in [-0.39, 0.29) is 16.3 Å². The molecule has 7 nitrogen and oxygen atoms in total. The van der Waals surface area contributed by atoms with Crippen molar-refractivity contribution in [3.63, 3.8) is 0 Å². The van der Waals surface area contributed by atoms with E-state index in [0.717, 1.165) is 60.0 Å². The Morgan fingerprint density at radius 2 is 1.65 bits per heavy atom. The lowest BCUT2D eigenvalue weighted by atomic mass is 10.2. The van der Waals surface area contributed by atoms with E-state index in [1.54, 1.807) is 22.8 Å². The molecule has 0 spiro atoms. The molecule has 0 amide bonds. The number of fused-ring (bicyclic) bond motifs is 1. The highest BCUT2D eigenvalue weighted by Gasteiger charge is 2.17. The molecule has 1 fully saturated rings. The normalized spacial score (nSPS) is 14.5. The molecule has 1 aliphatic rings. The highest BCUT2D eigenvalue weighted by molar-refractivity contribution is 7.89. The highest BCUT2D eigenvalue weighted by Crippen LogP contribution is 2.23. The Kier molecular flexibility index (Phi) is 6.51. The number of anilines is 1. The Morgan fingerprint density at radius 3 is 2.38 bits per heavy atom. The van der Waals surface area contributed by atoms with Gasteiger partial charge in [0.2, 0.25) is 10.0 Å². The van der Waals surface area contributed by atoms with Gasteiger partial charge in [-0.2, -0.15) is 0 Å². The summed E-state index contributed by atoms with van der Waals surface area (Å²) in [4.78, 5) is 14.9. The van der Waals surface area contributed by atoms with Gasteiger partial charge in [-0.25, -0.2) is 13.1 Å². The minimum Gasteiger partial charge on any atom is -0.378 e. The third-order valence-electron chi connectivity index (χ3n) is 5.91. The van der Waals surface area contributed by atoms with Gasteiger partial charge in [0.05, 0.1) is 34.9 Å². The SMILES string of the molecule is O=c1sc2cc(S(=O)(=O)NCc3ccc(N4CCOCC4)cc3)ccc2n1Cc1ccccc1. The monoisotopic (exact) mass is 495 g/mol. The van der Waals surface area contributed by atoms with Gasteiger partial charge in [0.15, 0.2) is 0 Å². The Bertz CT molecular complexity index is 1440. The summed E-state index contributed by atoms with van der Waals surface area (Å²) in [6.07, 6.45) is 0. The van der Waals surface area contributed by atoms with Gasteiger partial charge in [0.25, 0.3) is 0 Å². The van der Waals surface area contributed by atoms with E-state index < -0.39 is 10.0 Å². The maximum Gasteiger partial charge on any atom is 0.308 e. The quantitative estimate of drug-likeness (QED) is 0.425. The summed E-state index contributed by atoms with van der Waals surface area (Å²) in [7, 11) is -3.72. The van der Waals surface area contributed by atoms with Gasteiger partial charge in [-0.05, 0) is 41.5 Å². The Labute approximate surface area is 202 Å². The Hall–Kier alpha value is -2.98. The second-order valence-electron chi connectivity index (χ2n) is 8.16. The van der Waals surface area contributed by atoms with Crippen molar-refractivity contribution in [1.82, 2.24) is 9.29 Å². The molecule has 3 aromatic carbocycles. The van der Waals surface area contributed by atoms with Gasteiger partial charge in [-0.1, -0.05) is 53.8 Å². The molecule has 4 aromatic rings. The van der Waals surface area contributed by atoms with Crippen molar-refractivity contribution in [3.8, 4) is 0 Å². The number of benzene rings is 3. The second-order valence-corrected chi connectivity index (χ2v) is 10.9. The van der Waals surface area contributed by atoms with Crippen LogP contribution in [0.15, 0.2) is 82.5 Å². The molecule has 0 radical (unpaired) electrons. The van der Waals surface area contributed by atoms with Crippen LogP contribution >= 0.6 is 11.3 Å². The molecular formula is C25H25N3O4S2. The first-order chi connectivity index (χ1) is 16.5. The van der Waals surface area contributed by atoms with Gasteiger partial charge >= 0.3 is 4.87 Å². The maximum absolute atomic E-state index is 12.9. The van der Waals surface area contributed by atoms with E-state index in [2.05, 4.69) is 9.62 Å². The van der Waals surface area contributed by atoms with Gasteiger partial charge < -0.3 is 9.64 Å².